The summed E-state index contributed by atoms with van der Waals surface area (Å²) < 4.78 is 29.0. The lowest BCUT2D eigenvalue weighted by Crippen LogP contribution is -2.32. The van der Waals surface area contributed by atoms with Crippen LogP contribution < -0.4 is 0 Å². The molecule has 1 aliphatic rings. The number of nitrogens with zero attached hydrogens (tertiary/aromatic N) is 2. The van der Waals surface area contributed by atoms with Gasteiger partial charge < -0.3 is 0 Å². The maximum atomic E-state index is 14.5. The molecule has 1 fully saturated rings. The highest BCUT2D eigenvalue weighted by Gasteiger charge is 2.49. The Balaban J connectivity index is 1.73. The molecule has 1 aliphatic carbocycles. The Labute approximate surface area is 166 Å². The van der Waals surface area contributed by atoms with Crippen molar-refractivity contribution in [2.75, 3.05) is 13.1 Å². The Morgan fingerprint density at radius 1 is 1.04 bits per heavy atom. The van der Waals surface area contributed by atoms with E-state index in [4.69, 9.17) is 0 Å². The standard InChI is InChI=1S/C24H28F2N2/c1-2-15-28(17-19-8-4-3-5-9-19)16-7-14-24(18-27,20-12-13-20)23-21(25)10-6-11-22(23)26/h3-6,8-11,20H,2,7,12-17H2,1H3. The van der Waals surface area contributed by atoms with Gasteiger partial charge in [-0.15, -0.1) is 0 Å². The van der Waals surface area contributed by atoms with Gasteiger partial charge in [-0.05, 0) is 68.8 Å². The Morgan fingerprint density at radius 3 is 2.29 bits per heavy atom. The molecular weight excluding hydrogens is 354 g/mol. The second-order valence-electron chi connectivity index (χ2n) is 7.82. The normalized spacial score (nSPS) is 16.0. The largest absolute Gasteiger partial charge is 0.299 e. The van der Waals surface area contributed by atoms with E-state index in [-0.39, 0.29) is 11.5 Å². The molecule has 0 spiro atoms. The van der Waals surface area contributed by atoms with Crippen LogP contribution in [-0.4, -0.2) is 18.0 Å². The van der Waals surface area contributed by atoms with Gasteiger partial charge in [0, 0.05) is 12.1 Å². The highest BCUT2D eigenvalue weighted by molar-refractivity contribution is 5.37. The Hall–Kier alpha value is -2.25. The van der Waals surface area contributed by atoms with Gasteiger partial charge in [0.2, 0.25) is 0 Å². The molecule has 0 saturated heterocycles. The summed E-state index contributed by atoms with van der Waals surface area (Å²) in [5.74, 6) is -1.14. The van der Waals surface area contributed by atoms with Gasteiger partial charge in [0.1, 0.15) is 11.6 Å². The molecule has 0 amide bonds. The second-order valence-corrected chi connectivity index (χ2v) is 7.82. The van der Waals surface area contributed by atoms with Crippen molar-refractivity contribution in [2.24, 2.45) is 5.92 Å². The van der Waals surface area contributed by atoms with Crippen molar-refractivity contribution >= 4 is 0 Å². The number of hydrogen-bond donors (Lipinski definition) is 0. The second kappa shape index (κ2) is 9.30. The average molecular weight is 382 g/mol. The molecule has 2 aromatic rings. The number of hydrogen-bond acceptors (Lipinski definition) is 2. The summed E-state index contributed by atoms with van der Waals surface area (Å²) in [5, 5.41) is 10.00. The monoisotopic (exact) mass is 382 g/mol. The van der Waals surface area contributed by atoms with Crippen molar-refractivity contribution < 1.29 is 8.78 Å². The van der Waals surface area contributed by atoms with E-state index in [0.29, 0.717) is 6.42 Å². The van der Waals surface area contributed by atoms with Crippen LogP contribution in [0.4, 0.5) is 8.78 Å². The van der Waals surface area contributed by atoms with Gasteiger partial charge in [-0.1, -0.05) is 43.3 Å². The molecule has 2 nitrogen and oxygen atoms in total. The Bertz CT molecular complexity index is 791. The van der Waals surface area contributed by atoms with Gasteiger partial charge in [0.15, 0.2) is 0 Å². The lowest BCUT2D eigenvalue weighted by molar-refractivity contribution is 0.248. The van der Waals surface area contributed by atoms with Gasteiger partial charge in [0.05, 0.1) is 11.5 Å². The fraction of sp³-hybridized carbons (Fsp3) is 0.458. The van der Waals surface area contributed by atoms with Crippen LogP contribution in [0.5, 0.6) is 0 Å². The first-order valence-electron chi connectivity index (χ1n) is 10.2. The number of nitriles is 1. The van der Waals surface area contributed by atoms with Crippen LogP contribution in [0.25, 0.3) is 0 Å². The summed E-state index contributed by atoms with van der Waals surface area (Å²) in [6, 6.07) is 16.5. The summed E-state index contributed by atoms with van der Waals surface area (Å²) in [5.41, 5.74) is 0.176. The summed E-state index contributed by atoms with van der Waals surface area (Å²) in [7, 11) is 0. The smallest absolute Gasteiger partial charge is 0.130 e. The van der Waals surface area contributed by atoms with Crippen molar-refractivity contribution in [1.29, 1.82) is 5.26 Å². The van der Waals surface area contributed by atoms with E-state index in [2.05, 4.69) is 30.0 Å². The first kappa shape index (κ1) is 20.5. The van der Waals surface area contributed by atoms with Crippen LogP contribution in [0.2, 0.25) is 0 Å². The zero-order valence-corrected chi connectivity index (χ0v) is 16.5. The van der Waals surface area contributed by atoms with E-state index >= 15 is 0 Å². The fourth-order valence-electron chi connectivity index (χ4n) is 4.25. The molecular formula is C24H28F2N2. The third-order valence-corrected chi connectivity index (χ3v) is 5.72. The van der Waals surface area contributed by atoms with E-state index < -0.39 is 17.0 Å². The van der Waals surface area contributed by atoms with Crippen LogP contribution in [0.1, 0.15) is 50.2 Å². The molecule has 1 atom stereocenters. The number of benzene rings is 2. The first-order valence-corrected chi connectivity index (χ1v) is 10.2. The molecule has 0 bridgehead atoms. The summed E-state index contributed by atoms with van der Waals surface area (Å²) in [4.78, 5) is 2.36. The molecule has 0 radical (unpaired) electrons. The summed E-state index contributed by atoms with van der Waals surface area (Å²) in [6.45, 7) is 4.78. The van der Waals surface area contributed by atoms with E-state index in [9.17, 15) is 14.0 Å². The summed E-state index contributed by atoms with van der Waals surface area (Å²) in [6.07, 6.45) is 4.00. The van der Waals surface area contributed by atoms with E-state index in [0.717, 1.165) is 45.3 Å². The SMILES string of the molecule is CCCN(CCCC(C#N)(c1c(F)cccc1F)C1CC1)Cc1ccccc1. The van der Waals surface area contributed by atoms with Crippen molar-refractivity contribution in [1.82, 2.24) is 4.90 Å². The first-order chi connectivity index (χ1) is 13.6. The van der Waals surface area contributed by atoms with E-state index in [1.54, 1.807) is 0 Å². The molecule has 3 rings (SSSR count). The van der Waals surface area contributed by atoms with Crippen molar-refractivity contribution in [3.63, 3.8) is 0 Å². The van der Waals surface area contributed by atoms with Crippen LogP contribution in [0.15, 0.2) is 48.5 Å². The molecule has 2 aromatic carbocycles. The maximum absolute atomic E-state index is 14.5. The lowest BCUT2D eigenvalue weighted by atomic mass is 9.73. The Kier molecular flexibility index (Phi) is 6.80. The average Bonchev–Trinajstić information content (AvgIpc) is 3.53. The van der Waals surface area contributed by atoms with Crippen LogP contribution in [0.3, 0.4) is 0 Å². The number of halogens is 2. The third kappa shape index (κ3) is 4.59. The highest BCUT2D eigenvalue weighted by atomic mass is 19.1. The molecule has 0 aliphatic heterocycles. The number of rotatable bonds is 10. The molecule has 4 heteroatoms. The van der Waals surface area contributed by atoms with Gasteiger partial charge >= 0.3 is 0 Å². The highest BCUT2D eigenvalue weighted by Crippen LogP contribution is 2.51. The van der Waals surface area contributed by atoms with Crippen LogP contribution in [-0.2, 0) is 12.0 Å². The zero-order chi connectivity index (χ0) is 20.0. The lowest BCUT2D eigenvalue weighted by Gasteiger charge is -2.30. The molecule has 148 valence electrons. The minimum absolute atomic E-state index is 0.0231. The van der Waals surface area contributed by atoms with Gasteiger partial charge in [-0.2, -0.15) is 5.26 Å². The summed E-state index contributed by atoms with van der Waals surface area (Å²) >= 11 is 0. The zero-order valence-electron chi connectivity index (χ0n) is 16.5. The molecule has 0 heterocycles. The van der Waals surface area contributed by atoms with Crippen molar-refractivity contribution in [3.05, 3.63) is 71.3 Å². The molecule has 1 saturated carbocycles. The molecule has 1 unspecified atom stereocenters. The molecule has 28 heavy (non-hydrogen) atoms. The fourth-order valence-corrected chi connectivity index (χ4v) is 4.25. The molecule has 0 aromatic heterocycles. The minimum Gasteiger partial charge on any atom is -0.299 e. The van der Waals surface area contributed by atoms with Gasteiger partial charge in [-0.25, -0.2) is 8.78 Å². The van der Waals surface area contributed by atoms with Crippen molar-refractivity contribution in [3.8, 4) is 6.07 Å². The minimum atomic E-state index is -1.06. The van der Waals surface area contributed by atoms with Crippen LogP contribution >= 0.6 is 0 Å². The van der Waals surface area contributed by atoms with E-state index in [1.807, 2.05) is 18.2 Å². The molecule has 0 N–H and O–H groups in total. The predicted octanol–water partition coefficient (Wildman–Crippen LogP) is 5.83. The maximum Gasteiger partial charge on any atom is 0.130 e. The van der Waals surface area contributed by atoms with Crippen molar-refractivity contribution in [2.45, 2.75) is 51.0 Å². The van der Waals surface area contributed by atoms with Gasteiger partial charge in [0.25, 0.3) is 0 Å². The Morgan fingerprint density at radius 2 is 1.71 bits per heavy atom. The van der Waals surface area contributed by atoms with Gasteiger partial charge in [-0.3, -0.25) is 4.90 Å². The van der Waals surface area contributed by atoms with E-state index in [1.165, 1.54) is 23.8 Å². The van der Waals surface area contributed by atoms with Crippen LogP contribution in [0, 0.1) is 28.9 Å². The topological polar surface area (TPSA) is 27.0 Å². The predicted molar refractivity (Wildman–Crippen MR) is 108 cm³/mol. The quantitative estimate of drug-likeness (QED) is 0.517. The third-order valence-electron chi connectivity index (χ3n) is 5.72.